The van der Waals surface area contributed by atoms with E-state index in [2.05, 4.69) is 17.3 Å². The van der Waals surface area contributed by atoms with Gasteiger partial charge in [-0.2, -0.15) is 0 Å². The van der Waals surface area contributed by atoms with Crippen LogP contribution in [0.3, 0.4) is 0 Å². The second-order valence-electron chi connectivity index (χ2n) is 6.10. The summed E-state index contributed by atoms with van der Waals surface area (Å²) < 4.78 is 5.23. The van der Waals surface area contributed by atoms with Crippen molar-refractivity contribution in [1.29, 1.82) is 0 Å². The lowest BCUT2D eigenvalue weighted by Gasteiger charge is -2.19. The number of carbonyl (C=O) groups excluding carboxylic acids is 1. The zero-order valence-corrected chi connectivity index (χ0v) is 13.5. The molecular weight excluding hydrogens is 282 g/mol. The molecule has 1 aromatic carbocycles. The van der Waals surface area contributed by atoms with E-state index in [4.69, 9.17) is 9.57 Å². The first-order chi connectivity index (χ1) is 10.4. The molecular formula is C16H23N3O3. The average Bonchev–Trinajstić information content (AvgIpc) is 2.79. The van der Waals surface area contributed by atoms with Gasteiger partial charge in [-0.25, -0.2) is 4.79 Å². The summed E-state index contributed by atoms with van der Waals surface area (Å²) in [5.41, 5.74) is 1.01. The summed E-state index contributed by atoms with van der Waals surface area (Å²) in [7, 11) is 0. The Morgan fingerprint density at radius 3 is 2.82 bits per heavy atom. The molecule has 2 rings (SSSR count). The summed E-state index contributed by atoms with van der Waals surface area (Å²) in [5, 5.41) is 7.80. The van der Waals surface area contributed by atoms with Gasteiger partial charge in [0.25, 0.3) is 0 Å². The van der Waals surface area contributed by atoms with Crippen molar-refractivity contribution < 1.29 is 14.4 Å². The molecule has 0 fully saturated rings. The molecule has 0 unspecified atom stereocenters. The fourth-order valence-corrected chi connectivity index (χ4v) is 1.91. The second kappa shape index (κ2) is 6.68. The molecule has 120 valence electrons. The Bertz CT molecular complexity index is 644. The maximum Gasteiger partial charge on any atom is 0.412 e. The number of hydrogen-bond acceptors (Lipinski definition) is 4. The Balaban J connectivity index is 2.06. The van der Waals surface area contributed by atoms with Gasteiger partial charge in [0.05, 0.1) is 6.20 Å². The lowest BCUT2D eigenvalue weighted by molar-refractivity contribution is 0.0636. The van der Waals surface area contributed by atoms with E-state index in [9.17, 15) is 4.79 Å². The van der Waals surface area contributed by atoms with Crippen molar-refractivity contribution in [2.45, 2.75) is 46.1 Å². The molecule has 1 N–H and O–H groups in total. The first kappa shape index (κ1) is 16.1. The van der Waals surface area contributed by atoms with Crippen LogP contribution in [0, 0.1) is 0 Å². The molecule has 0 atom stereocenters. The van der Waals surface area contributed by atoms with Crippen LogP contribution in [0.2, 0.25) is 0 Å². The van der Waals surface area contributed by atoms with Crippen LogP contribution in [0.15, 0.2) is 24.4 Å². The number of rotatable bonds is 5. The van der Waals surface area contributed by atoms with Gasteiger partial charge in [-0.05, 0) is 45.4 Å². The summed E-state index contributed by atoms with van der Waals surface area (Å²) in [4.78, 5) is 18.9. The van der Waals surface area contributed by atoms with E-state index >= 15 is 0 Å². The number of fused-ring (bicyclic) bond motifs is 1. The van der Waals surface area contributed by atoms with E-state index in [-0.39, 0.29) is 0 Å². The molecule has 0 aliphatic carbocycles. The van der Waals surface area contributed by atoms with Crippen LogP contribution in [0.5, 0.6) is 0 Å². The molecule has 1 aromatic heterocycles. The van der Waals surface area contributed by atoms with Gasteiger partial charge in [0.1, 0.15) is 17.7 Å². The van der Waals surface area contributed by atoms with E-state index in [1.807, 2.05) is 32.9 Å². The minimum atomic E-state index is -0.522. The number of anilines is 1. The molecule has 6 heteroatoms. The van der Waals surface area contributed by atoms with Crippen LogP contribution in [0.4, 0.5) is 10.5 Å². The number of nitrogens with zero attached hydrogens (tertiary/aromatic N) is 2. The molecule has 0 bridgehead atoms. The van der Waals surface area contributed by atoms with Gasteiger partial charge in [0, 0.05) is 11.1 Å². The van der Waals surface area contributed by atoms with Crippen LogP contribution in [0.25, 0.3) is 10.9 Å². The first-order valence-corrected chi connectivity index (χ1v) is 7.50. The zero-order chi connectivity index (χ0) is 16.2. The number of aromatic nitrogens is 2. The molecule has 0 aliphatic heterocycles. The Morgan fingerprint density at radius 1 is 1.36 bits per heavy atom. The number of benzene rings is 1. The highest BCUT2D eigenvalue weighted by atomic mass is 16.7. The Kier molecular flexibility index (Phi) is 4.90. The van der Waals surface area contributed by atoms with E-state index in [0.717, 1.165) is 23.7 Å². The van der Waals surface area contributed by atoms with E-state index in [1.54, 1.807) is 12.3 Å². The molecule has 2 aromatic rings. The smallest absolute Gasteiger partial charge is 0.412 e. The number of amides is 1. The topological polar surface area (TPSA) is 65.4 Å². The quantitative estimate of drug-likeness (QED) is 0.857. The predicted octanol–water partition coefficient (Wildman–Crippen LogP) is 3.61. The van der Waals surface area contributed by atoms with Gasteiger partial charge >= 0.3 is 6.09 Å². The van der Waals surface area contributed by atoms with Crippen molar-refractivity contribution >= 4 is 22.7 Å². The van der Waals surface area contributed by atoms with Gasteiger partial charge in [0.15, 0.2) is 0 Å². The summed E-state index contributed by atoms with van der Waals surface area (Å²) in [6.07, 6.45) is 3.29. The highest BCUT2D eigenvalue weighted by molar-refractivity contribution is 5.89. The highest BCUT2D eigenvalue weighted by Crippen LogP contribution is 2.19. The Labute approximate surface area is 130 Å². The normalized spacial score (nSPS) is 11.5. The van der Waals surface area contributed by atoms with Gasteiger partial charge in [-0.3, -0.25) is 5.32 Å². The molecule has 6 nitrogen and oxygen atoms in total. The van der Waals surface area contributed by atoms with Crippen LogP contribution < -0.4 is 10.2 Å². The van der Waals surface area contributed by atoms with Gasteiger partial charge < -0.3 is 9.57 Å². The molecule has 1 amide bonds. The minimum Gasteiger partial charge on any atom is -0.444 e. The van der Waals surface area contributed by atoms with Gasteiger partial charge in [0.2, 0.25) is 0 Å². The van der Waals surface area contributed by atoms with Crippen LogP contribution in [0.1, 0.15) is 40.5 Å². The standard InChI is InChI=1S/C16H23N3O3/c1-5-6-9-21-19-14-8-7-13(10-12(14)11-17-19)18-15(20)22-16(2,3)4/h7-8,10-11H,5-6,9H2,1-4H3,(H,18,20). The van der Waals surface area contributed by atoms with Crippen molar-refractivity contribution in [2.75, 3.05) is 11.9 Å². The molecule has 0 radical (unpaired) electrons. The summed E-state index contributed by atoms with van der Waals surface area (Å²) in [6, 6.07) is 5.50. The number of ether oxygens (including phenoxy) is 1. The predicted molar refractivity (Wildman–Crippen MR) is 85.9 cm³/mol. The zero-order valence-electron chi connectivity index (χ0n) is 13.5. The highest BCUT2D eigenvalue weighted by Gasteiger charge is 2.16. The van der Waals surface area contributed by atoms with E-state index in [1.165, 1.54) is 4.85 Å². The van der Waals surface area contributed by atoms with Crippen molar-refractivity contribution in [2.24, 2.45) is 0 Å². The fourth-order valence-electron chi connectivity index (χ4n) is 1.91. The second-order valence-corrected chi connectivity index (χ2v) is 6.10. The monoisotopic (exact) mass is 305 g/mol. The van der Waals surface area contributed by atoms with Gasteiger partial charge in [-0.1, -0.05) is 18.2 Å². The number of hydrogen-bond donors (Lipinski definition) is 1. The minimum absolute atomic E-state index is 0.474. The number of carbonyl (C=O) groups is 1. The average molecular weight is 305 g/mol. The SMILES string of the molecule is CCCCOn1ncc2cc(NC(=O)OC(C)(C)C)ccc21. The third-order valence-electron chi connectivity index (χ3n) is 2.89. The number of unbranched alkanes of at least 4 members (excludes halogenated alkanes) is 1. The lowest BCUT2D eigenvalue weighted by atomic mass is 10.2. The van der Waals surface area contributed by atoms with Crippen molar-refractivity contribution in [3.8, 4) is 0 Å². The Hall–Kier alpha value is -2.24. The molecule has 22 heavy (non-hydrogen) atoms. The van der Waals surface area contributed by atoms with Gasteiger partial charge in [-0.15, -0.1) is 5.10 Å². The maximum atomic E-state index is 11.8. The first-order valence-electron chi connectivity index (χ1n) is 7.50. The van der Waals surface area contributed by atoms with Crippen LogP contribution in [-0.4, -0.2) is 28.2 Å². The van der Waals surface area contributed by atoms with Crippen LogP contribution >= 0.6 is 0 Å². The van der Waals surface area contributed by atoms with Crippen molar-refractivity contribution in [3.05, 3.63) is 24.4 Å². The third kappa shape index (κ3) is 4.38. The largest absolute Gasteiger partial charge is 0.444 e. The van der Waals surface area contributed by atoms with Crippen molar-refractivity contribution in [3.63, 3.8) is 0 Å². The van der Waals surface area contributed by atoms with Crippen molar-refractivity contribution in [1.82, 2.24) is 9.94 Å². The summed E-state index contributed by atoms with van der Waals surface area (Å²) in [6.45, 7) is 8.22. The van der Waals surface area contributed by atoms with Crippen LogP contribution in [-0.2, 0) is 4.74 Å². The van der Waals surface area contributed by atoms with E-state index in [0.29, 0.717) is 12.3 Å². The molecule has 0 aliphatic rings. The molecule has 0 spiro atoms. The summed E-state index contributed by atoms with van der Waals surface area (Å²) in [5.74, 6) is 0. The van der Waals surface area contributed by atoms with E-state index < -0.39 is 11.7 Å². The third-order valence-corrected chi connectivity index (χ3v) is 2.89. The maximum absolute atomic E-state index is 11.8. The number of nitrogens with one attached hydrogen (secondary N) is 1. The molecule has 1 heterocycles. The lowest BCUT2D eigenvalue weighted by Crippen LogP contribution is -2.27. The Morgan fingerprint density at radius 2 is 2.14 bits per heavy atom. The molecule has 0 saturated carbocycles. The molecule has 0 saturated heterocycles. The fraction of sp³-hybridized carbons (Fsp3) is 0.500. The summed E-state index contributed by atoms with van der Waals surface area (Å²) >= 11 is 0.